The molecule has 0 fully saturated rings. The van der Waals surface area contributed by atoms with Crippen LogP contribution in [0.2, 0.25) is 20.1 Å². The first kappa shape index (κ1) is 23.7. The molecule has 0 aliphatic carbocycles. The number of rotatable bonds is 2. The Kier molecular flexibility index (Phi) is 9.42. The Morgan fingerprint density at radius 2 is 0.414 bits per heavy atom. The molecule has 0 bridgehead atoms. The van der Waals surface area contributed by atoms with Crippen LogP contribution in [-0.2, 0) is 0 Å². The SMILES string of the molecule is Clc1ccc(-c2ccc(Cl)cc2)cc1.Clc1ccc(-c2ccc(Cl)cc2)cc1.S. The molecule has 4 rings (SSSR count). The number of hydrogen-bond donors (Lipinski definition) is 0. The van der Waals surface area contributed by atoms with E-state index in [1.165, 1.54) is 0 Å². The van der Waals surface area contributed by atoms with Crippen molar-refractivity contribution in [2.45, 2.75) is 0 Å². The van der Waals surface area contributed by atoms with Crippen molar-refractivity contribution in [3.63, 3.8) is 0 Å². The fraction of sp³-hybridized carbons (Fsp3) is 0. The van der Waals surface area contributed by atoms with Gasteiger partial charge in [-0.25, -0.2) is 0 Å². The summed E-state index contributed by atoms with van der Waals surface area (Å²) in [6.45, 7) is 0. The molecule has 0 saturated carbocycles. The number of halogens is 4. The molecule has 0 saturated heterocycles. The summed E-state index contributed by atoms with van der Waals surface area (Å²) in [6, 6.07) is 31.0. The Balaban J connectivity index is 0.000000200. The van der Waals surface area contributed by atoms with Crippen LogP contribution in [0.4, 0.5) is 0 Å². The van der Waals surface area contributed by atoms with Crippen molar-refractivity contribution in [2.75, 3.05) is 0 Å². The third-order valence-electron chi connectivity index (χ3n) is 4.04. The standard InChI is InChI=1S/2C12H8Cl2.H2S/c2*13-11-5-1-9(2-6-11)10-3-7-12(14)8-4-10;/h2*1-8H;1H2. The van der Waals surface area contributed by atoms with E-state index in [-0.39, 0.29) is 13.5 Å². The molecule has 4 aromatic rings. The molecule has 0 aliphatic rings. The highest BCUT2D eigenvalue weighted by Crippen LogP contribution is 2.24. The predicted octanol–water partition coefficient (Wildman–Crippen LogP) is 9.43. The van der Waals surface area contributed by atoms with E-state index in [0.717, 1.165) is 42.3 Å². The van der Waals surface area contributed by atoms with Gasteiger partial charge < -0.3 is 0 Å². The van der Waals surface area contributed by atoms with Gasteiger partial charge in [-0.15, -0.1) is 0 Å². The van der Waals surface area contributed by atoms with Crippen molar-refractivity contribution < 1.29 is 0 Å². The van der Waals surface area contributed by atoms with Gasteiger partial charge in [-0.05, 0) is 70.8 Å². The van der Waals surface area contributed by atoms with Crippen molar-refractivity contribution in [3.05, 3.63) is 117 Å². The summed E-state index contributed by atoms with van der Waals surface area (Å²) >= 11 is 23.2. The second-order valence-electron chi connectivity index (χ2n) is 6.03. The third-order valence-corrected chi connectivity index (χ3v) is 5.05. The zero-order valence-corrected chi connectivity index (χ0v) is 19.3. The molecule has 0 aromatic heterocycles. The zero-order chi connectivity index (χ0) is 19.9. The maximum Gasteiger partial charge on any atom is 0.0406 e. The summed E-state index contributed by atoms with van der Waals surface area (Å²) in [4.78, 5) is 0. The maximum absolute atomic E-state index is 5.80. The summed E-state index contributed by atoms with van der Waals surface area (Å²) in [5.74, 6) is 0. The Bertz CT molecular complexity index is 836. The molecule has 0 N–H and O–H groups in total. The van der Waals surface area contributed by atoms with Crippen LogP contribution in [-0.4, -0.2) is 0 Å². The fourth-order valence-corrected chi connectivity index (χ4v) is 3.07. The van der Waals surface area contributed by atoms with E-state index in [1.807, 2.05) is 97.1 Å². The van der Waals surface area contributed by atoms with E-state index in [0.29, 0.717) is 0 Å². The molecule has 29 heavy (non-hydrogen) atoms. The van der Waals surface area contributed by atoms with E-state index < -0.39 is 0 Å². The summed E-state index contributed by atoms with van der Waals surface area (Å²) in [5.41, 5.74) is 4.58. The highest BCUT2D eigenvalue weighted by Gasteiger charge is 1.97. The molecule has 0 radical (unpaired) electrons. The lowest BCUT2D eigenvalue weighted by Gasteiger charge is -2.01. The first-order valence-electron chi connectivity index (χ1n) is 8.54. The molecule has 0 spiro atoms. The van der Waals surface area contributed by atoms with Crippen LogP contribution in [0, 0.1) is 0 Å². The molecule has 148 valence electrons. The molecule has 0 aliphatic heterocycles. The molecule has 4 aromatic carbocycles. The third kappa shape index (κ3) is 7.29. The lowest BCUT2D eigenvalue weighted by atomic mass is 10.1. The van der Waals surface area contributed by atoms with Gasteiger partial charge >= 0.3 is 0 Å². The molecule has 5 heteroatoms. The van der Waals surface area contributed by atoms with Crippen molar-refractivity contribution in [3.8, 4) is 22.3 Å². The van der Waals surface area contributed by atoms with Gasteiger partial charge in [0.05, 0.1) is 0 Å². The molecule has 0 amide bonds. The van der Waals surface area contributed by atoms with Gasteiger partial charge in [-0.2, -0.15) is 13.5 Å². The molecule has 0 heterocycles. The van der Waals surface area contributed by atoms with Gasteiger partial charge in [-0.3, -0.25) is 0 Å². The second kappa shape index (κ2) is 11.5. The van der Waals surface area contributed by atoms with Crippen LogP contribution in [0.3, 0.4) is 0 Å². The van der Waals surface area contributed by atoms with E-state index in [4.69, 9.17) is 46.4 Å². The summed E-state index contributed by atoms with van der Waals surface area (Å²) in [6.07, 6.45) is 0. The Morgan fingerprint density at radius 1 is 0.276 bits per heavy atom. The minimum absolute atomic E-state index is 0. The van der Waals surface area contributed by atoms with Crippen molar-refractivity contribution >= 4 is 59.9 Å². The monoisotopic (exact) mass is 478 g/mol. The van der Waals surface area contributed by atoms with Gasteiger partial charge in [0.1, 0.15) is 0 Å². The van der Waals surface area contributed by atoms with Gasteiger partial charge in [0, 0.05) is 20.1 Å². The average Bonchev–Trinajstić information content (AvgIpc) is 2.71. The smallest absolute Gasteiger partial charge is 0.0406 e. The summed E-state index contributed by atoms with van der Waals surface area (Å²) < 4.78 is 0. The minimum Gasteiger partial charge on any atom is -0.197 e. The average molecular weight is 480 g/mol. The molecule has 0 nitrogen and oxygen atoms in total. The van der Waals surface area contributed by atoms with E-state index in [9.17, 15) is 0 Å². The summed E-state index contributed by atoms with van der Waals surface area (Å²) in [5, 5.41) is 3.01. The van der Waals surface area contributed by atoms with Gasteiger partial charge in [0.15, 0.2) is 0 Å². The van der Waals surface area contributed by atoms with E-state index in [1.54, 1.807) is 0 Å². The first-order valence-corrected chi connectivity index (χ1v) is 10.1. The molecule has 0 unspecified atom stereocenters. The van der Waals surface area contributed by atoms with Crippen LogP contribution >= 0.6 is 59.9 Å². The highest BCUT2D eigenvalue weighted by atomic mass is 35.5. The molecular weight excluding hydrogens is 462 g/mol. The van der Waals surface area contributed by atoms with Crippen molar-refractivity contribution in [2.24, 2.45) is 0 Å². The van der Waals surface area contributed by atoms with Crippen LogP contribution in [0.15, 0.2) is 97.1 Å². The Hall–Kier alpha value is -1.61. The largest absolute Gasteiger partial charge is 0.197 e. The lowest BCUT2D eigenvalue weighted by molar-refractivity contribution is 1.62. The Morgan fingerprint density at radius 3 is 0.552 bits per heavy atom. The van der Waals surface area contributed by atoms with Gasteiger partial charge in [0.25, 0.3) is 0 Å². The molecular formula is C24H18Cl4S. The normalized spacial score (nSPS) is 9.79. The van der Waals surface area contributed by atoms with Crippen LogP contribution < -0.4 is 0 Å². The number of hydrogen-bond acceptors (Lipinski definition) is 0. The summed E-state index contributed by atoms with van der Waals surface area (Å²) in [7, 11) is 0. The number of benzene rings is 4. The van der Waals surface area contributed by atoms with Crippen molar-refractivity contribution in [1.29, 1.82) is 0 Å². The first-order chi connectivity index (χ1) is 13.5. The minimum atomic E-state index is 0. The van der Waals surface area contributed by atoms with Crippen molar-refractivity contribution in [1.82, 2.24) is 0 Å². The van der Waals surface area contributed by atoms with E-state index >= 15 is 0 Å². The van der Waals surface area contributed by atoms with Crippen LogP contribution in [0.25, 0.3) is 22.3 Å². The predicted molar refractivity (Wildman–Crippen MR) is 134 cm³/mol. The zero-order valence-electron chi connectivity index (χ0n) is 15.2. The Labute approximate surface area is 198 Å². The van der Waals surface area contributed by atoms with Crippen LogP contribution in [0.1, 0.15) is 0 Å². The quantitative estimate of drug-likeness (QED) is 0.268. The van der Waals surface area contributed by atoms with E-state index in [2.05, 4.69) is 0 Å². The fourth-order valence-electron chi connectivity index (χ4n) is 2.57. The van der Waals surface area contributed by atoms with Crippen LogP contribution in [0.5, 0.6) is 0 Å². The topological polar surface area (TPSA) is 0 Å². The molecule has 0 atom stereocenters. The van der Waals surface area contributed by atoms with Gasteiger partial charge in [0.2, 0.25) is 0 Å². The lowest BCUT2D eigenvalue weighted by Crippen LogP contribution is -1.76. The highest BCUT2D eigenvalue weighted by molar-refractivity contribution is 7.59. The van der Waals surface area contributed by atoms with Gasteiger partial charge in [-0.1, -0.05) is 94.9 Å². The second-order valence-corrected chi connectivity index (χ2v) is 7.77. The maximum atomic E-state index is 5.80.